The van der Waals surface area contributed by atoms with E-state index < -0.39 is 22.5 Å². The number of hydrogen-bond donors (Lipinski definition) is 1. The van der Waals surface area contributed by atoms with Gasteiger partial charge >= 0.3 is 0 Å². The number of halogens is 3. The number of amides is 1. The van der Waals surface area contributed by atoms with E-state index in [0.717, 1.165) is 15.4 Å². The molecule has 0 unspecified atom stereocenters. The first-order valence-electron chi connectivity index (χ1n) is 9.64. The highest BCUT2D eigenvalue weighted by atomic mass is 35.5. The van der Waals surface area contributed by atoms with Gasteiger partial charge in [-0.1, -0.05) is 64.6 Å². The van der Waals surface area contributed by atoms with Crippen LogP contribution in [0.5, 0.6) is 0 Å². The summed E-state index contributed by atoms with van der Waals surface area (Å²) in [4.78, 5) is 12.8. The molecule has 32 heavy (non-hydrogen) atoms. The molecule has 0 fully saturated rings. The molecule has 0 saturated heterocycles. The van der Waals surface area contributed by atoms with Gasteiger partial charge in [0.05, 0.1) is 10.6 Å². The number of rotatable bonds is 7. The van der Waals surface area contributed by atoms with Crippen molar-refractivity contribution in [3.05, 3.63) is 92.4 Å². The second-order valence-corrected chi connectivity index (χ2v) is 10.4. The standard InChI is InChI=1S/C23H21Cl3N2O3S/c1-15-3-9-20(10-4-15)32(30,31)28(19-8-5-16(2)21(25)12-19)14-23(29)27-13-17-6-7-18(24)11-22(17)26/h3-12H,13-14H2,1-2H3,(H,27,29). The van der Waals surface area contributed by atoms with Crippen LogP contribution in [0.25, 0.3) is 0 Å². The van der Waals surface area contributed by atoms with E-state index in [-0.39, 0.29) is 11.4 Å². The van der Waals surface area contributed by atoms with Crippen molar-refractivity contribution in [1.82, 2.24) is 5.32 Å². The molecule has 0 atom stereocenters. The average Bonchev–Trinajstić information content (AvgIpc) is 2.73. The SMILES string of the molecule is Cc1ccc(S(=O)(=O)N(CC(=O)NCc2ccc(Cl)cc2Cl)c2ccc(C)c(Cl)c2)cc1. The fourth-order valence-corrected chi connectivity index (χ4v) is 5.00. The van der Waals surface area contributed by atoms with Crippen molar-refractivity contribution in [2.75, 3.05) is 10.8 Å². The number of sulfonamides is 1. The number of carbonyl (C=O) groups is 1. The summed E-state index contributed by atoms with van der Waals surface area (Å²) in [6.45, 7) is 3.37. The summed E-state index contributed by atoms with van der Waals surface area (Å²) in [5.41, 5.74) is 2.67. The van der Waals surface area contributed by atoms with E-state index >= 15 is 0 Å². The van der Waals surface area contributed by atoms with E-state index in [1.165, 1.54) is 18.2 Å². The van der Waals surface area contributed by atoms with Crippen molar-refractivity contribution in [2.45, 2.75) is 25.3 Å². The molecule has 1 amide bonds. The molecule has 3 aromatic rings. The lowest BCUT2D eigenvalue weighted by atomic mass is 10.2. The molecule has 0 aromatic heterocycles. The predicted octanol–water partition coefficient (Wildman–Crippen LogP) is 5.78. The van der Waals surface area contributed by atoms with Crippen LogP contribution in [-0.2, 0) is 21.4 Å². The van der Waals surface area contributed by atoms with Gasteiger partial charge in [-0.3, -0.25) is 9.10 Å². The Morgan fingerprint density at radius 1 is 0.906 bits per heavy atom. The maximum absolute atomic E-state index is 13.4. The zero-order chi connectivity index (χ0) is 23.5. The number of hydrogen-bond acceptors (Lipinski definition) is 3. The molecule has 0 aliphatic heterocycles. The Labute approximate surface area is 203 Å². The van der Waals surface area contributed by atoms with Crippen molar-refractivity contribution in [1.29, 1.82) is 0 Å². The third kappa shape index (κ3) is 5.75. The predicted molar refractivity (Wildman–Crippen MR) is 130 cm³/mol. The normalized spacial score (nSPS) is 11.3. The monoisotopic (exact) mass is 510 g/mol. The fraction of sp³-hybridized carbons (Fsp3) is 0.174. The number of benzene rings is 3. The Kier molecular flexibility index (Phi) is 7.72. The zero-order valence-electron chi connectivity index (χ0n) is 17.4. The summed E-state index contributed by atoms with van der Waals surface area (Å²) < 4.78 is 27.9. The molecule has 168 valence electrons. The smallest absolute Gasteiger partial charge is 0.264 e. The lowest BCUT2D eigenvalue weighted by Gasteiger charge is -2.24. The second kappa shape index (κ2) is 10.1. The maximum atomic E-state index is 13.4. The first-order valence-corrected chi connectivity index (χ1v) is 12.2. The summed E-state index contributed by atoms with van der Waals surface area (Å²) in [6, 6.07) is 16.2. The maximum Gasteiger partial charge on any atom is 0.264 e. The highest BCUT2D eigenvalue weighted by molar-refractivity contribution is 7.92. The molecule has 1 N–H and O–H groups in total. The van der Waals surface area contributed by atoms with Crippen molar-refractivity contribution in [2.24, 2.45) is 0 Å². The Morgan fingerprint density at radius 2 is 1.59 bits per heavy atom. The molecular formula is C23H21Cl3N2O3S. The summed E-state index contributed by atoms with van der Waals surface area (Å²) in [7, 11) is -4.02. The van der Waals surface area contributed by atoms with Crippen LogP contribution in [-0.4, -0.2) is 20.9 Å². The Hall–Kier alpha value is -2.25. The van der Waals surface area contributed by atoms with Gasteiger partial charge in [0.1, 0.15) is 6.54 Å². The van der Waals surface area contributed by atoms with E-state index in [1.54, 1.807) is 42.5 Å². The molecule has 3 aromatic carbocycles. The molecule has 0 aliphatic carbocycles. The van der Waals surface area contributed by atoms with Gasteiger partial charge in [0.2, 0.25) is 5.91 Å². The molecule has 0 radical (unpaired) electrons. The molecule has 5 nitrogen and oxygen atoms in total. The number of anilines is 1. The minimum atomic E-state index is -4.02. The molecule has 0 saturated carbocycles. The Balaban J connectivity index is 1.89. The average molecular weight is 512 g/mol. The largest absolute Gasteiger partial charge is 0.350 e. The van der Waals surface area contributed by atoms with Crippen LogP contribution in [0.15, 0.2) is 65.6 Å². The van der Waals surface area contributed by atoms with E-state index in [4.69, 9.17) is 34.8 Å². The number of nitrogens with one attached hydrogen (secondary N) is 1. The number of aryl methyl sites for hydroxylation is 2. The van der Waals surface area contributed by atoms with Crippen molar-refractivity contribution >= 4 is 56.4 Å². The summed E-state index contributed by atoms with van der Waals surface area (Å²) >= 11 is 18.3. The molecule has 9 heteroatoms. The van der Waals surface area contributed by atoms with Gasteiger partial charge in [0.15, 0.2) is 0 Å². The molecule has 0 spiro atoms. The van der Waals surface area contributed by atoms with Crippen LogP contribution in [0.2, 0.25) is 15.1 Å². The van der Waals surface area contributed by atoms with Crippen LogP contribution in [0.1, 0.15) is 16.7 Å². The van der Waals surface area contributed by atoms with Crippen molar-refractivity contribution in [3.63, 3.8) is 0 Å². The van der Waals surface area contributed by atoms with Crippen LogP contribution in [0.3, 0.4) is 0 Å². The van der Waals surface area contributed by atoms with Crippen LogP contribution in [0, 0.1) is 13.8 Å². The highest BCUT2D eigenvalue weighted by Gasteiger charge is 2.27. The minimum absolute atomic E-state index is 0.0772. The van der Waals surface area contributed by atoms with Gasteiger partial charge < -0.3 is 5.32 Å². The molecule has 0 aliphatic rings. The topological polar surface area (TPSA) is 66.5 Å². The Morgan fingerprint density at radius 3 is 2.22 bits per heavy atom. The fourth-order valence-electron chi connectivity index (χ4n) is 2.93. The van der Waals surface area contributed by atoms with Crippen LogP contribution < -0.4 is 9.62 Å². The van der Waals surface area contributed by atoms with Gasteiger partial charge in [-0.25, -0.2) is 8.42 Å². The van der Waals surface area contributed by atoms with Crippen molar-refractivity contribution in [3.8, 4) is 0 Å². The van der Waals surface area contributed by atoms with Crippen molar-refractivity contribution < 1.29 is 13.2 Å². The lowest BCUT2D eigenvalue weighted by Crippen LogP contribution is -2.40. The lowest BCUT2D eigenvalue weighted by molar-refractivity contribution is -0.119. The van der Waals surface area contributed by atoms with E-state index in [0.29, 0.717) is 26.3 Å². The number of carbonyl (C=O) groups excluding carboxylic acids is 1. The minimum Gasteiger partial charge on any atom is -0.350 e. The van der Waals surface area contributed by atoms with Crippen LogP contribution in [0.4, 0.5) is 5.69 Å². The van der Waals surface area contributed by atoms with Gasteiger partial charge in [-0.15, -0.1) is 0 Å². The highest BCUT2D eigenvalue weighted by Crippen LogP contribution is 2.28. The summed E-state index contributed by atoms with van der Waals surface area (Å²) in [5.74, 6) is -0.497. The third-order valence-corrected chi connectivity index (χ3v) is 7.61. The molecular weight excluding hydrogens is 491 g/mol. The third-order valence-electron chi connectivity index (χ3n) is 4.83. The summed E-state index contributed by atoms with van der Waals surface area (Å²) in [5, 5.41) is 4.01. The van der Waals surface area contributed by atoms with E-state index in [9.17, 15) is 13.2 Å². The summed E-state index contributed by atoms with van der Waals surface area (Å²) in [6.07, 6.45) is 0. The van der Waals surface area contributed by atoms with Gasteiger partial charge in [-0.2, -0.15) is 0 Å². The first-order chi connectivity index (χ1) is 15.1. The Bertz CT molecular complexity index is 1250. The van der Waals surface area contributed by atoms with Gasteiger partial charge in [0.25, 0.3) is 10.0 Å². The van der Waals surface area contributed by atoms with Gasteiger partial charge in [0, 0.05) is 21.6 Å². The molecule has 0 heterocycles. The second-order valence-electron chi connectivity index (χ2n) is 7.27. The van der Waals surface area contributed by atoms with Gasteiger partial charge in [-0.05, 0) is 61.4 Å². The first kappa shape index (κ1) is 24.4. The number of nitrogens with zero attached hydrogens (tertiary/aromatic N) is 1. The molecule has 0 bridgehead atoms. The zero-order valence-corrected chi connectivity index (χ0v) is 20.5. The quantitative estimate of drug-likeness (QED) is 0.437. The van der Waals surface area contributed by atoms with Crippen LogP contribution >= 0.6 is 34.8 Å². The van der Waals surface area contributed by atoms with E-state index in [1.807, 2.05) is 13.8 Å². The molecule has 3 rings (SSSR count). The van der Waals surface area contributed by atoms with E-state index in [2.05, 4.69) is 5.32 Å².